The molecule has 0 saturated carbocycles. The van der Waals surface area contributed by atoms with Crippen LogP contribution >= 0.6 is 11.6 Å². The normalized spacial score (nSPS) is 10.7. The number of fused-ring (bicyclic) bond motifs is 1. The molecule has 0 aliphatic heterocycles. The first-order valence-electron chi connectivity index (χ1n) is 7.35. The van der Waals surface area contributed by atoms with E-state index in [1.807, 2.05) is 30.5 Å². The third-order valence-electron chi connectivity index (χ3n) is 3.74. The third-order valence-corrected chi connectivity index (χ3v) is 3.98. The van der Waals surface area contributed by atoms with Crippen molar-refractivity contribution in [3.8, 4) is 5.75 Å². The Hall–Kier alpha value is -2.46. The van der Waals surface area contributed by atoms with E-state index in [9.17, 15) is 4.79 Å². The number of aromatic nitrogens is 1. The zero-order chi connectivity index (χ0) is 16.2. The molecule has 2 aromatic carbocycles. The minimum Gasteiger partial charge on any atom is -0.497 e. The van der Waals surface area contributed by atoms with Gasteiger partial charge < -0.3 is 15.0 Å². The van der Waals surface area contributed by atoms with E-state index >= 15 is 0 Å². The molecule has 0 atom stereocenters. The number of carbonyl (C=O) groups is 1. The van der Waals surface area contributed by atoms with Crippen molar-refractivity contribution in [3.63, 3.8) is 0 Å². The summed E-state index contributed by atoms with van der Waals surface area (Å²) in [7, 11) is 1.58. The molecule has 0 aliphatic rings. The Bertz CT molecular complexity index is 842. The summed E-state index contributed by atoms with van der Waals surface area (Å²) in [6.07, 6.45) is 2.69. The maximum atomic E-state index is 12.2. The van der Waals surface area contributed by atoms with Crippen LogP contribution in [0.4, 0.5) is 0 Å². The van der Waals surface area contributed by atoms with Gasteiger partial charge in [0.2, 0.25) is 0 Å². The van der Waals surface area contributed by atoms with E-state index in [1.165, 1.54) is 0 Å². The lowest BCUT2D eigenvalue weighted by Gasteiger charge is -2.06. The first kappa shape index (κ1) is 15.4. The molecule has 0 unspecified atom stereocenters. The van der Waals surface area contributed by atoms with Gasteiger partial charge in [-0.2, -0.15) is 0 Å². The average molecular weight is 329 g/mol. The number of halogens is 1. The molecular weight excluding hydrogens is 312 g/mol. The number of rotatable bonds is 5. The molecule has 0 aliphatic carbocycles. The number of methoxy groups -OCH3 is 1. The summed E-state index contributed by atoms with van der Waals surface area (Å²) >= 11 is 6.05. The van der Waals surface area contributed by atoms with Crippen LogP contribution in [0.5, 0.6) is 5.75 Å². The van der Waals surface area contributed by atoms with Gasteiger partial charge in [0.15, 0.2) is 0 Å². The highest BCUT2D eigenvalue weighted by Gasteiger charge is 2.08. The molecule has 0 spiro atoms. The quantitative estimate of drug-likeness (QED) is 0.748. The van der Waals surface area contributed by atoms with Crippen molar-refractivity contribution < 1.29 is 9.53 Å². The summed E-state index contributed by atoms with van der Waals surface area (Å²) in [4.78, 5) is 15.4. The zero-order valence-corrected chi connectivity index (χ0v) is 13.5. The Kier molecular flexibility index (Phi) is 4.53. The maximum absolute atomic E-state index is 12.2. The predicted molar refractivity (Wildman–Crippen MR) is 92.3 cm³/mol. The highest BCUT2D eigenvalue weighted by Crippen LogP contribution is 2.22. The van der Waals surface area contributed by atoms with Crippen molar-refractivity contribution in [2.45, 2.75) is 6.42 Å². The van der Waals surface area contributed by atoms with Gasteiger partial charge in [-0.1, -0.05) is 17.7 Å². The van der Waals surface area contributed by atoms with Crippen molar-refractivity contribution >= 4 is 28.4 Å². The highest BCUT2D eigenvalue weighted by atomic mass is 35.5. The SMILES string of the molecule is COc1cccc(C(=O)NCCc2c[nH]c3ccc(Cl)cc23)c1. The molecule has 0 fully saturated rings. The fourth-order valence-corrected chi connectivity index (χ4v) is 2.71. The molecule has 5 heteroatoms. The van der Waals surface area contributed by atoms with Crippen LogP contribution in [0.3, 0.4) is 0 Å². The number of ether oxygens (including phenoxy) is 1. The van der Waals surface area contributed by atoms with E-state index in [2.05, 4.69) is 10.3 Å². The summed E-state index contributed by atoms with van der Waals surface area (Å²) in [6, 6.07) is 12.9. The second-order valence-corrected chi connectivity index (χ2v) is 5.68. The van der Waals surface area contributed by atoms with E-state index in [4.69, 9.17) is 16.3 Å². The Morgan fingerprint density at radius 2 is 2.13 bits per heavy atom. The van der Waals surface area contributed by atoms with Crippen LogP contribution in [-0.2, 0) is 6.42 Å². The number of hydrogen-bond acceptors (Lipinski definition) is 2. The number of amides is 1. The molecule has 1 aromatic heterocycles. The minimum atomic E-state index is -0.109. The molecule has 23 heavy (non-hydrogen) atoms. The minimum absolute atomic E-state index is 0.109. The number of aromatic amines is 1. The van der Waals surface area contributed by atoms with Crippen LogP contribution in [0.1, 0.15) is 15.9 Å². The fraction of sp³-hybridized carbons (Fsp3) is 0.167. The van der Waals surface area contributed by atoms with Crippen molar-refractivity contribution in [2.24, 2.45) is 0 Å². The number of H-pyrrole nitrogens is 1. The standard InChI is InChI=1S/C18H17ClN2O2/c1-23-15-4-2-3-12(9-15)18(22)20-8-7-13-11-21-17-6-5-14(19)10-16(13)17/h2-6,9-11,21H,7-8H2,1H3,(H,20,22). The summed E-state index contributed by atoms with van der Waals surface area (Å²) < 4.78 is 5.13. The maximum Gasteiger partial charge on any atom is 0.251 e. The number of nitrogens with one attached hydrogen (secondary N) is 2. The molecule has 118 valence electrons. The van der Waals surface area contributed by atoms with E-state index in [1.54, 1.807) is 25.3 Å². The van der Waals surface area contributed by atoms with Gasteiger partial charge in [0, 0.05) is 34.2 Å². The summed E-state index contributed by atoms with van der Waals surface area (Å²) in [5, 5.41) is 4.72. The molecule has 2 N–H and O–H groups in total. The van der Waals surface area contributed by atoms with Crippen LogP contribution in [0.2, 0.25) is 5.02 Å². The largest absolute Gasteiger partial charge is 0.497 e. The molecular formula is C18H17ClN2O2. The lowest BCUT2D eigenvalue weighted by atomic mass is 10.1. The van der Waals surface area contributed by atoms with Crippen LogP contribution in [0.25, 0.3) is 10.9 Å². The summed E-state index contributed by atoms with van der Waals surface area (Å²) in [5.74, 6) is 0.561. The van der Waals surface area contributed by atoms with Crippen LogP contribution in [-0.4, -0.2) is 24.5 Å². The smallest absolute Gasteiger partial charge is 0.251 e. The monoisotopic (exact) mass is 328 g/mol. The average Bonchev–Trinajstić information content (AvgIpc) is 2.97. The predicted octanol–water partition coefficient (Wildman–Crippen LogP) is 3.80. The first-order chi connectivity index (χ1) is 11.2. The molecule has 1 amide bonds. The molecule has 4 nitrogen and oxygen atoms in total. The van der Waals surface area contributed by atoms with Crippen LogP contribution in [0.15, 0.2) is 48.7 Å². The van der Waals surface area contributed by atoms with Gasteiger partial charge in [0.25, 0.3) is 5.91 Å². The second kappa shape index (κ2) is 6.75. The topological polar surface area (TPSA) is 54.1 Å². The summed E-state index contributed by atoms with van der Waals surface area (Å²) in [5.41, 5.74) is 2.77. The number of hydrogen-bond donors (Lipinski definition) is 2. The van der Waals surface area contributed by atoms with E-state index in [-0.39, 0.29) is 5.91 Å². The van der Waals surface area contributed by atoms with Gasteiger partial charge in [-0.25, -0.2) is 0 Å². The van der Waals surface area contributed by atoms with Gasteiger partial charge in [0.05, 0.1) is 7.11 Å². The Labute approximate surface area is 139 Å². The van der Waals surface area contributed by atoms with Crippen molar-refractivity contribution in [1.29, 1.82) is 0 Å². The number of benzene rings is 2. The van der Waals surface area contributed by atoms with Crippen molar-refractivity contribution in [2.75, 3.05) is 13.7 Å². The molecule has 3 rings (SSSR count). The molecule has 3 aromatic rings. The van der Waals surface area contributed by atoms with Crippen molar-refractivity contribution in [3.05, 3.63) is 64.8 Å². The van der Waals surface area contributed by atoms with E-state index in [0.717, 1.165) is 22.9 Å². The van der Waals surface area contributed by atoms with Gasteiger partial charge in [0.1, 0.15) is 5.75 Å². The Morgan fingerprint density at radius 3 is 2.96 bits per heavy atom. The zero-order valence-electron chi connectivity index (χ0n) is 12.7. The molecule has 0 saturated heterocycles. The lowest BCUT2D eigenvalue weighted by Crippen LogP contribution is -2.25. The van der Waals surface area contributed by atoms with Gasteiger partial charge in [-0.15, -0.1) is 0 Å². The molecule has 0 radical (unpaired) electrons. The van der Waals surface area contributed by atoms with E-state index < -0.39 is 0 Å². The second-order valence-electron chi connectivity index (χ2n) is 5.24. The summed E-state index contributed by atoms with van der Waals surface area (Å²) in [6.45, 7) is 0.551. The van der Waals surface area contributed by atoms with Gasteiger partial charge in [-0.3, -0.25) is 4.79 Å². The van der Waals surface area contributed by atoms with Crippen LogP contribution in [0, 0.1) is 0 Å². The van der Waals surface area contributed by atoms with Crippen molar-refractivity contribution in [1.82, 2.24) is 10.3 Å². The van der Waals surface area contributed by atoms with Gasteiger partial charge >= 0.3 is 0 Å². The molecule has 0 bridgehead atoms. The fourth-order valence-electron chi connectivity index (χ4n) is 2.53. The highest BCUT2D eigenvalue weighted by molar-refractivity contribution is 6.31. The Balaban J connectivity index is 1.64. The van der Waals surface area contributed by atoms with Gasteiger partial charge in [-0.05, 0) is 48.4 Å². The lowest BCUT2D eigenvalue weighted by molar-refractivity contribution is 0.0954. The first-order valence-corrected chi connectivity index (χ1v) is 7.73. The van der Waals surface area contributed by atoms with Crippen LogP contribution < -0.4 is 10.1 Å². The third kappa shape index (κ3) is 3.48. The molecule has 1 heterocycles. The Morgan fingerprint density at radius 1 is 1.26 bits per heavy atom. The van der Waals surface area contributed by atoms with E-state index in [0.29, 0.717) is 22.9 Å². The number of carbonyl (C=O) groups excluding carboxylic acids is 1.